The van der Waals surface area contributed by atoms with Crippen LogP contribution in [0.3, 0.4) is 0 Å². The predicted molar refractivity (Wildman–Crippen MR) is 81.0 cm³/mol. The van der Waals surface area contributed by atoms with Gasteiger partial charge in [0.2, 0.25) is 0 Å². The van der Waals surface area contributed by atoms with Gasteiger partial charge in [-0.3, -0.25) is 9.48 Å². The normalized spacial score (nSPS) is 10.9. The average Bonchev–Trinajstić information content (AvgIpc) is 3.08. The van der Waals surface area contributed by atoms with Crippen LogP contribution in [0, 0.1) is 6.92 Å². The molecule has 0 radical (unpaired) electrons. The summed E-state index contributed by atoms with van der Waals surface area (Å²) in [5.41, 5.74) is 2.03. The Morgan fingerprint density at radius 2 is 2.24 bits per heavy atom. The summed E-state index contributed by atoms with van der Waals surface area (Å²) in [7, 11) is 0. The minimum Gasteiger partial charge on any atom is -0.458 e. The van der Waals surface area contributed by atoms with Gasteiger partial charge in [-0.1, -0.05) is 12.1 Å². The molecule has 0 saturated carbocycles. The largest absolute Gasteiger partial charge is 0.458 e. The topological polar surface area (TPSA) is 57.0 Å². The van der Waals surface area contributed by atoms with Gasteiger partial charge < -0.3 is 4.74 Å². The predicted octanol–water partition coefficient (Wildman–Crippen LogP) is 2.93. The van der Waals surface area contributed by atoms with Gasteiger partial charge in [0, 0.05) is 6.20 Å². The Morgan fingerprint density at radius 1 is 1.38 bits per heavy atom. The Hall–Kier alpha value is -2.21. The SMILES string of the molecule is Cc1cnn(CCC(=O)OCc2nc3ccccc3s2)c1. The maximum atomic E-state index is 11.7. The van der Waals surface area contributed by atoms with Crippen LogP contribution in [0.25, 0.3) is 10.2 Å². The molecule has 5 nitrogen and oxygen atoms in total. The lowest BCUT2D eigenvalue weighted by Gasteiger charge is -2.02. The molecule has 6 heteroatoms. The van der Waals surface area contributed by atoms with E-state index in [2.05, 4.69) is 10.1 Å². The van der Waals surface area contributed by atoms with Crippen molar-refractivity contribution in [2.45, 2.75) is 26.5 Å². The van der Waals surface area contributed by atoms with Crippen LogP contribution in [-0.4, -0.2) is 20.7 Å². The van der Waals surface area contributed by atoms with Crippen LogP contribution in [0.2, 0.25) is 0 Å². The van der Waals surface area contributed by atoms with Crippen LogP contribution in [0.1, 0.15) is 17.0 Å². The summed E-state index contributed by atoms with van der Waals surface area (Å²) in [4.78, 5) is 16.2. The zero-order valence-corrected chi connectivity index (χ0v) is 12.5. The highest BCUT2D eigenvalue weighted by atomic mass is 32.1. The van der Waals surface area contributed by atoms with Crippen LogP contribution in [0.15, 0.2) is 36.7 Å². The highest BCUT2D eigenvalue weighted by molar-refractivity contribution is 7.18. The smallest absolute Gasteiger partial charge is 0.308 e. The summed E-state index contributed by atoms with van der Waals surface area (Å²) in [5, 5.41) is 4.95. The average molecular weight is 301 g/mol. The number of rotatable bonds is 5. The molecule has 21 heavy (non-hydrogen) atoms. The Balaban J connectivity index is 1.51. The molecule has 0 fully saturated rings. The number of thiazole rings is 1. The lowest BCUT2D eigenvalue weighted by molar-refractivity contribution is -0.145. The second-order valence-corrected chi connectivity index (χ2v) is 5.88. The molecule has 1 aromatic carbocycles. The van der Waals surface area contributed by atoms with Crippen LogP contribution < -0.4 is 0 Å². The van der Waals surface area contributed by atoms with Gasteiger partial charge in [0.05, 0.1) is 29.4 Å². The minimum absolute atomic E-state index is 0.232. The summed E-state index contributed by atoms with van der Waals surface area (Å²) in [6, 6.07) is 7.89. The van der Waals surface area contributed by atoms with Crippen molar-refractivity contribution in [2.24, 2.45) is 0 Å². The molecule has 0 amide bonds. The molecule has 0 atom stereocenters. The molecule has 0 aliphatic rings. The van der Waals surface area contributed by atoms with Crippen molar-refractivity contribution < 1.29 is 9.53 Å². The van der Waals surface area contributed by atoms with Gasteiger partial charge in [-0.25, -0.2) is 4.98 Å². The number of nitrogens with zero attached hydrogens (tertiary/aromatic N) is 3. The van der Waals surface area contributed by atoms with E-state index in [-0.39, 0.29) is 12.6 Å². The van der Waals surface area contributed by atoms with Gasteiger partial charge in [-0.05, 0) is 24.6 Å². The summed E-state index contributed by atoms with van der Waals surface area (Å²) in [5.74, 6) is -0.234. The van der Waals surface area contributed by atoms with Gasteiger partial charge in [0.1, 0.15) is 11.6 Å². The molecule has 108 valence electrons. The highest BCUT2D eigenvalue weighted by Crippen LogP contribution is 2.22. The van der Waals surface area contributed by atoms with Gasteiger partial charge in [0.25, 0.3) is 0 Å². The number of carbonyl (C=O) groups excluding carboxylic acids is 1. The fourth-order valence-electron chi connectivity index (χ4n) is 1.99. The van der Waals surface area contributed by atoms with E-state index in [0.29, 0.717) is 13.0 Å². The number of hydrogen-bond donors (Lipinski definition) is 0. The Bertz CT molecular complexity index is 730. The number of benzene rings is 1. The molecule has 0 bridgehead atoms. The van der Waals surface area contributed by atoms with Crippen molar-refractivity contribution in [3.63, 3.8) is 0 Å². The van der Waals surface area contributed by atoms with E-state index in [9.17, 15) is 4.79 Å². The summed E-state index contributed by atoms with van der Waals surface area (Å²) < 4.78 is 8.11. The molecule has 2 heterocycles. The zero-order chi connectivity index (χ0) is 14.7. The first-order valence-electron chi connectivity index (χ1n) is 6.70. The van der Waals surface area contributed by atoms with Crippen LogP contribution >= 0.6 is 11.3 Å². The molecule has 0 aliphatic carbocycles. The van der Waals surface area contributed by atoms with E-state index >= 15 is 0 Å². The maximum absolute atomic E-state index is 11.7. The third kappa shape index (κ3) is 3.46. The summed E-state index contributed by atoms with van der Waals surface area (Å²) in [6.45, 7) is 2.73. The van der Waals surface area contributed by atoms with Gasteiger partial charge in [0.15, 0.2) is 0 Å². The van der Waals surface area contributed by atoms with Crippen molar-refractivity contribution in [2.75, 3.05) is 0 Å². The van der Waals surface area contributed by atoms with Crippen molar-refractivity contribution in [3.05, 3.63) is 47.2 Å². The van der Waals surface area contributed by atoms with E-state index < -0.39 is 0 Å². The maximum Gasteiger partial charge on any atom is 0.308 e. The van der Waals surface area contributed by atoms with Crippen LogP contribution in [0.5, 0.6) is 0 Å². The minimum atomic E-state index is -0.234. The quantitative estimate of drug-likeness (QED) is 0.680. The Kier molecular flexibility index (Phi) is 3.96. The van der Waals surface area contributed by atoms with E-state index in [4.69, 9.17) is 4.74 Å². The number of aromatic nitrogens is 3. The van der Waals surface area contributed by atoms with Gasteiger partial charge in [-0.15, -0.1) is 11.3 Å². The molecule has 3 aromatic rings. The standard InChI is InChI=1S/C15H15N3O2S/c1-11-8-16-18(9-11)7-6-15(19)20-10-14-17-12-4-2-3-5-13(12)21-14/h2-5,8-9H,6-7,10H2,1H3. The number of aryl methyl sites for hydroxylation is 2. The summed E-state index contributed by atoms with van der Waals surface area (Å²) >= 11 is 1.55. The van der Waals surface area contributed by atoms with Crippen LogP contribution in [-0.2, 0) is 22.7 Å². The van der Waals surface area contributed by atoms with E-state index in [1.54, 1.807) is 22.2 Å². The van der Waals surface area contributed by atoms with E-state index in [1.165, 1.54) is 0 Å². The molecular weight excluding hydrogens is 286 g/mol. The Morgan fingerprint density at radius 3 is 3.00 bits per heavy atom. The highest BCUT2D eigenvalue weighted by Gasteiger charge is 2.08. The second kappa shape index (κ2) is 6.05. The zero-order valence-electron chi connectivity index (χ0n) is 11.7. The number of esters is 1. The van der Waals surface area contributed by atoms with Gasteiger partial charge >= 0.3 is 5.97 Å². The van der Waals surface area contributed by atoms with Crippen molar-refractivity contribution in [1.29, 1.82) is 0 Å². The molecule has 0 unspecified atom stereocenters. The Labute approximate surface area is 126 Å². The molecule has 0 spiro atoms. The second-order valence-electron chi connectivity index (χ2n) is 4.77. The fourth-order valence-corrected chi connectivity index (χ4v) is 2.87. The summed E-state index contributed by atoms with van der Waals surface area (Å²) in [6.07, 6.45) is 3.99. The number of para-hydroxylation sites is 1. The molecule has 0 saturated heterocycles. The molecule has 2 aromatic heterocycles. The number of hydrogen-bond acceptors (Lipinski definition) is 5. The molecule has 0 aliphatic heterocycles. The third-order valence-electron chi connectivity index (χ3n) is 3.00. The lowest BCUT2D eigenvalue weighted by atomic mass is 10.3. The number of ether oxygens (including phenoxy) is 1. The number of carbonyl (C=O) groups is 1. The first kappa shape index (κ1) is 13.8. The molecule has 3 rings (SSSR count). The first-order valence-corrected chi connectivity index (χ1v) is 7.51. The van der Waals surface area contributed by atoms with E-state index in [0.717, 1.165) is 20.8 Å². The van der Waals surface area contributed by atoms with Crippen molar-refractivity contribution in [1.82, 2.24) is 14.8 Å². The van der Waals surface area contributed by atoms with Gasteiger partial charge in [-0.2, -0.15) is 5.10 Å². The third-order valence-corrected chi connectivity index (χ3v) is 4.01. The first-order chi connectivity index (χ1) is 10.2. The fraction of sp³-hybridized carbons (Fsp3) is 0.267. The lowest BCUT2D eigenvalue weighted by Crippen LogP contribution is -2.09. The van der Waals surface area contributed by atoms with E-state index in [1.807, 2.05) is 37.4 Å². The van der Waals surface area contributed by atoms with Crippen LogP contribution in [0.4, 0.5) is 0 Å². The van der Waals surface area contributed by atoms with Crippen molar-refractivity contribution in [3.8, 4) is 0 Å². The molecule has 0 N–H and O–H groups in total. The number of fused-ring (bicyclic) bond motifs is 1. The monoisotopic (exact) mass is 301 g/mol. The molecular formula is C15H15N3O2S. The van der Waals surface area contributed by atoms with Crippen molar-refractivity contribution >= 4 is 27.5 Å².